The molecule has 0 saturated heterocycles. The van der Waals surface area contributed by atoms with Gasteiger partial charge in [0.2, 0.25) is 0 Å². The van der Waals surface area contributed by atoms with Crippen LogP contribution in [-0.2, 0) is 17.3 Å². The average molecular weight is 577 g/mol. The van der Waals surface area contributed by atoms with E-state index in [-0.39, 0.29) is 0 Å². The fourth-order valence-corrected chi connectivity index (χ4v) is 6.61. The Morgan fingerprint density at radius 1 is 0.417 bits per heavy atom. The summed E-state index contributed by atoms with van der Waals surface area (Å²) in [7, 11) is 0. The quantitative estimate of drug-likeness (QED) is 0.181. The molecule has 0 aliphatic rings. The second-order valence-electron chi connectivity index (χ2n) is 7.98. The predicted octanol–water partition coefficient (Wildman–Crippen LogP) is 9.51. The minimum Gasteiger partial charge on any atom is -0.109 e. The molecule has 0 unspecified atom stereocenters. The van der Waals surface area contributed by atoms with Crippen molar-refractivity contribution in [1.29, 1.82) is 0 Å². The number of hydrogen-bond donors (Lipinski definition) is 0. The number of thioether (sulfide) groups is 3. The average Bonchev–Trinajstić information content (AvgIpc) is 2.94. The van der Waals surface area contributed by atoms with Crippen molar-refractivity contribution in [3.05, 3.63) is 143 Å². The molecule has 36 heavy (non-hydrogen) atoms. The lowest BCUT2D eigenvalue weighted by molar-refractivity contribution is 1.42. The molecule has 4 aromatic rings. The molecule has 0 aromatic heterocycles. The highest BCUT2D eigenvalue weighted by molar-refractivity contribution is 8.24. The molecule has 0 spiro atoms. The van der Waals surface area contributed by atoms with E-state index in [0.29, 0.717) is 0 Å². The van der Waals surface area contributed by atoms with E-state index in [1.165, 1.54) is 16.7 Å². The Morgan fingerprint density at radius 3 is 0.917 bits per heavy atom. The molecule has 4 rings (SSSR count). The Hall–Kier alpha value is -1.80. The summed E-state index contributed by atoms with van der Waals surface area (Å²) in [6.07, 6.45) is 0. The van der Waals surface area contributed by atoms with Gasteiger partial charge >= 0.3 is 0 Å². The normalized spacial score (nSPS) is 10.7. The first kappa shape index (κ1) is 27.2. The third-order valence-corrected chi connectivity index (χ3v) is 9.97. The zero-order valence-electron chi connectivity index (χ0n) is 19.5. The second kappa shape index (κ2) is 14.2. The van der Waals surface area contributed by atoms with E-state index in [1.807, 2.05) is 18.2 Å². The molecule has 0 nitrogen and oxygen atoms in total. The van der Waals surface area contributed by atoms with Crippen LogP contribution in [-0.4, -0.2) is 12.6 Å². The van der Waals surface area contributed by atoms with Gasteiger partial charge in [0.05, 0.1) is 12.6 Å². The summed E-state index contributed by atoms with van der Waals surface area (Å²) >= 11 is 22.6. The lowest BCUT2D eigenvalue weighted by Crippen LogP contribution is -2.03. The van der Waals surface area contributed by atoms with Crippen LogP contribution in [0, 0.1) is 0 Å². The Balaban J connectivity index is 1.52. The minimum absolute atomic E-state index is 0.833. The summed E-state index contributed by atoms with van der Waals surface area (Å²) in [6, 6.07) is 37.6. The smallest absolute Gasteiger partial charge is 0.0781 e. The topological polar surface area (TPSA) is 0 Å². The summed E-state index contributed by atoms with van der Waals surface area (Å²) in [5.41, 5.74) is 6.77. The van der Waals surface area contributed by atoms with Crippen LogP contribution in [0.1, 0.15) is 33.4 Å². The summed E-state index contributed by atoms with van der Waals surface area (Å²) in [6.45, 7) is 0. The van der Waals surface area contributed by atoms with E-state index in [4.69, 9.17) is 36.7 Å². The summed E-state index contributed by atoms with van der Waals surface area (Å²) < 4.78 is 2.57. The van der Waals surface area contributed by atoms with Crippen molar-refractivity contribution in [2.45, 2.75) is 17.3 Å². The van der Waals surface area contributed by atoms with Crippen LogP contribution in [0.15, 0.2) is 109 Å². The Bertz CT molecular complexity index is 1140. The van der Waals surface area contributed by atoms with Crippen molar-refractivity contribution in [3.8, 4) is 0 Å². The maximum atomic E-state index is 5.86. The predicted molar refractivity (Wildman–Crippen MR) is 175 cm³/mol. The number of thiocarbonyl (C=S) groups is 3. The van der Waals surface area contributed by atoms with E-state index in [2.05, 4.69) is 91.0 Å². The highest BCUT2D eigenvalue weighted by Gasteiger charge is 2.13. The fraction of sp³-hybridized carbons (Fsp3) is 0.100. The molecule has 180 valence electrons. The van der Waals surface area contributed by atoms with Gasteiger partial charge in [0, 0.05) is 33.9 Å². The van der Waals surface area contributed by atoms with Crippen molar-refractivity contribution in [3.63, 3.8) is 0 Å². The molecule has 0 heterocycles. The lowest BCUT2D eigenvalue weighted by Gasteiger charge is -2.13. The Kier molecular flexibility index (Phi) is 10.8. The van der Waals surface area contributed by atoms with Gasteiger partial charge in [-0.05, 0) is 34.9 Å². The van der Waals surface area contributed by atoms with Crippen molar-refractivity contribution < 1.29 is 0 Å². The number of benzene rings is 4. The first-order valence-corrected chi connectivity index (χ1v) is 15.5. The van der Waals surface area contributed by atoms with Crippen LogP contribution in [0.25, 0.3) is 0 Å². The highest BCUT2D eigenvalue weighted by atomic mass is 32.2. The molecule has 0 atom stereocenters. The van der Waals surface area contributed by atoms with Crippen LogP contribution >= 0.6 is 71.9 Å². The molecule has 0 N–H and O–H groups in total. The standard InChI is InChI=1S/C30H24S6/c31-28(34-19-22-10-4-1-5-11-22)25-16-26(29(32)35-20-23-12-6-2-7-13-23)18-27(17-25)30(33)36-21-24-14-8-3-9-15-24/h1-18H,19-21H2. The molecule has 6 heteroatoms. The molecule has 0 fully saturated rings. The largest absolute Gasteiger partial charge is 0.109 e. The van der Waals surface area contributed by atoms with Crippen LogP contribution in [0.3, 0.4) is 0 Å². The number of hydrogen-bond acceptors (Lipinski definition) is 6. The van der Waals surface area contributed by atoms with E-state index >= 15 is 0 Å². The molecule has 0 bridgehead atoms. The lowest BCUT2D eigenvalue weighted by atomic mass is 10.1. The van der Waals surface area contributed by atoms with Gasteiger partial charge in [-0.25, -0.2) is 0 Å². The van der Waals surface area contributed by atoms with Crippen molar-refractivity contribution >= 4 is 84.5 Å². The monoisotopic (exact) mass is 576 g/mol. The highest BCUT2D eigenvalue weighted by Crippen LogP contribution is 2.28. The van der Waals surface area contributed by atoms with Gasteiger partial charge in [0.15, 0.2) is 0 Å². The Labute approximate surface area is 242 Å². The van der Waals surface area contributed by atoms with Crippen molar-refractivity contribution in [2.75, 3.05) is 0 Å². The second-order valence-corrected chi connectivity index (χ2v) is 12.9. The summed E-state index contributed by atoms with van der Waals surface area (Å²) in [4.78, 5) is 0. The van der Waals surface area contributed by atoms with Gasteiger partial charge in [-0.1, -0.05) is 128 Å². The summed E-state index contributed by atoms with van der Waals surface area (Å²) in [5.74, 6) is 2.50. The Morgan fingerprint density at radius 2 is 0.667 bits per heavy atom. The van der Waals surface area contributed by atoms with Gasteiger partial charge in [0.1, 0.15) is 0 Å². The molecule has 0 saturated carbocycles. The van der Waals surface area contributed by atoms with Crippen LogP contribution < -0.4 is 0 Å². The maximum Gasteiger partial charge on any atom is 0.0781 e. The van der Waals surface area contributed by atoms with E-state index in [1.54, 1.807) is 35.3 Å². The van der Waals surface area contributed by atoms with Crippen LogP contribution in [0.4, 0.5) is 0 Å². The van der Waals surface area contributed by atoms with Crippen LogP contribution in [0.2, 0.25) is 0 Å². The molecule has 0 aliphatic heterocycles. The molecule has 0 aliphatic carbocycles. The maximum absolute atomic E-state index is 5.86. The molecule has 4 aromatic carbocycles. The molecule has 0 radical (unpaired) electrons. The first-order valence-electron chi connectivity index (χ1n) is 11.4. The third-order valence-electron chi connectivity index (χ3n) is 5.28. The minimum atomic E-state index is 0.833. The van der Waals surface area contributed by atoms with E-state index in [9.17, 15) is 0 Å². The zero-order chi connectivity index (χ0) is 25.2. The number of rotatable bonds is 9. The zero-order valence-corrected chi connectivity index (χ0v) is 24.4. The molecule has 0 amide bonds. The van der Waals surface area contributed by atoms with Crippen LogP contribution in [0.5, 0.6) is 0 Å². The van der Waals surface area contributed by atoms with E-state index < -0.39 is 0 Å². The van der Waals surface area contributed by atoms with Crippen molar-refractivity contribution in [2.24, 2.45) is 0 Å². The summed E-state index contributed by atoms with van der Waals surface area (Å²) in [5, 5.41) is 0. The van der Waals surface area contributed by atoms with E-state index in [0.717, 1.165) is 46.5 Å². The SMILES string of the molecule is S=C(SCc1ccccc1)c1cc(C(=S)SCc2ccccc2)cc(C(=S)SCc2ccccc2)c1. The van der Waals surface area contributed by atoms with Crippen molar-refractivity contribution in [1.82, 2.24) is 0 Å². The molecular weight excluding hydrogens is 553 g/mol. The first-order chi connectivity index (χ1) is 17.6. The van der Waals surface area contributed by atoms with Gasteiger partial charge < -0.3 is 0 Å². The van der Waals surface area contributed by atoms with Gasteiger partial charge in [0.25, 0.3) is 0 Å². The third kappa shape index (κ3) is 8.37. The molecular formula is C30H24S6. The van der Waals surface area contributed by atoms with Gasteiger partial charge in [-0.3, -0.25) is 0 Å². The fourth-order valence-electron chi connectivity index (χ4n) is 3.40. The van der Waals surface area contributed by atoms with Gasteiger partial charge in [-0.2, -0.15) is 0 Å². The van der Waals surface area contributed by atoms with Gasteiger partial charge in [-0.15, -0.1) is 35.3 Å².